The molecule has 4 heterocycles. The third kappa shape index (κ3) is 4.54. The van der Waals surface area contributed by atoms with E-state index in [0.29, 0.717) is 18.3 Å². The molecule has 1 aliphatic rings. The average Bonchev–Trinajstić information content (AvgIpc) is 3.44. The molecule has 1 fully saturated rings. The molecule has 34 heavy (non-hydrogen) atoms. The third-order valence-electron chi connectivity index (χ3n) is 6.21. The standard InChI is InChI=1S/C26H30N6OSi/c1-18-6-5-7-22(29-18)25-24(20-10-11-23-28-15-21(14-27)31(23)16-20)26(19-8-9-19)32(30-25)17-33-12-13-34(2,3)4/h5-7,10-11,15-16,19H,8-9,12-13,17H2,1-4H3. The second-order valence-electron chi connectivity index (χ2n) is 10.3. The van der Waals surface area contributed by atoms with Gasteiger partial charge in [0.05, 0.1) is 17.6 Å². The summed E-state index contributed by atoms with van der Waals surface area (Å²) < 4.78 is 10.0. The summed E-state index contributed by atoms with van der Waals surface area (Å²) in [6.07, 6.45) is 5.90. The van der Waals surface area contributed by atoms with Crippen molar-refractivity contribution in [2.45, 2.75) is 58.1 Å². The van der Waals surface area contributed by atoms with Gasteiger partial charge in [0.1, 0.15) is 29.8 Å². The highest BCUT2D eigenvalue weighted by Gasteiger charge is 2.34. The number of nitrogens with zero attached hydrogens (tertiary/aromatic N) is 6. The summed E-state index contributed by atoms with van der Waals surface area (Å²) in [6.45, 7) is 10.3. The molecule has 0 N–H and O–H groups in total. The van der Waals surface area contributed by atoms with Crippen LogP contribution in [0, 0.1) is 18.3 Å². The number of nitriles is 1. The van der Waals surface area contributed by atoms with Crippen LogP contribution in [0.5, 0.6) is 0 Å². The molecule has 1 aliphatic carbocycles. The van der Waals surface area contributed by atoms with Crippen molar-refractivity contribution in [1.82, 2.24) is 24.1 Å². The van der Waals surface area contributed by atoms with E-state index in [1.54, 1.807) is 6.20 Å². The molecule has 174 valence electrons. The number of ether oxygens (including phenoxy) is 1. The van der Waals surface area contributed by atoms with Crippen LogP contribution in [0.1, 0.15) is 35.8 Å². The van der Waals surface area contributed by atoms with Crippen LogP contribution >= 0.6 is 0 Å². The van der Waals surface area contributed by atoms with Gasteiger partial charge in [-0.3, -0.25) is 9.38 Å². The average molecular weight is 471 g/mol. The van der Waals surface area contributed by atoms with Gasteiger partial charge in [-0.05, 0) is 50.1 Å². The molecule has 5 rings (SSSR count). The molecule has 8 heteroatoms. The van der Waals surface area contributed by atoms with Crippen molar-refractivity contribution in [3.8, 4) is 28.6 Å². The maximum Gasteiger partial charge on any atom is 0.144 e. The van der Waals surface area contributed by atoms with Gasteiger partial charge >= 0.3 is 0 Å². The first-order valence-corrected chi connectivity index (χ1v) is 15.5. The van der Waals surface area contributed by atoms with E-state index in [-0.39, 0.29) is 0 Å². The van der Waals surface area contributed by atoms with E-state index in [2.05, 4.69) is 36.8 Å². The monoisotopic (exact) mass is 470 g/mol. The fraction of sp³-hybridized carbons (Fsp3) is 0.385. The van der Waals surface area contributed by atoms with Crippen LogP contribution in [-0.4, -0.2) is 38.8 Å². The highest BCUT2D eigenvalue weighted by molar-refractivity contribution is 6.76. The molecule has 0 amide bonds. The first kappa shape index (κ1) is 22.5. The Labute approximate surface area is 201 Å². The minimum Gasteiger partial charge on any atom is -0.360 e. The molecule has 0 aliphatic heterocycles. The molecule has 0 saturated heterocycles. The highest BCUT2D eigenvalue weighted by atomic mass is 28.3. The first-order valence-electron chi connectivity index (χ1n) is 11.8. The summed E-state index contributed by atoms with van der Waals surface area (Å²) in [4.78, 5) is 9.15. The van der Waals surface area contributed by atoms with Crippen molar-refractivity contribution in [3.05, 3.63) is 59.8 Å². The topological polar surface area (TPSA) is 81.0 Å². The van der Waals surface area contributed by atoms with Gasteiger partial charge in [-0.2, -0.15) is 10.4 Å². The summed E-state index contributed by atoms with van der Waals surface area (Å²) in [7, 11) is -1.16. The SMILES string of the molecule is Cc1cccc(-c2nn(COCC[Si](C)(C)C)c(C3CC3)c2-c2ccc3ncc(C#N)n3c2)n1. The minimum absolute atomic E-state index is 0.436. The molecule has 0 radical (unpaired) electrons. The first-order chi connectivity index (χ1) is 16.3. The fourth-order valence-corrected chi connectivity index (χ4v) is 4.98. The van der Waals surface area contributed by atoms with Crippen LogP contribution in [0.15, 0.2) is 42.7 Å². The quantitative estimate of drug-likeness (QED) is 0.246. The molecular weight excluding hydrogens is 440 g/mol. The lowest BCUT2D eigenvalue weighted by Gasteiger charge is -2.16. The van der Waals surface area contributed by atoms with Gasteiger partial charge in [0.2, 0.25) is 0 Å². The third-order valence-corrected chi connectivity index (χ3v) is 7.91. The number of imidazole rings is 1. The zero-order chi connectivity index (χ0) is 23.9. The van der Waals surface area contributed by atoms with Crippen molar-refractivity contribution < 1.29 is 4.74 Å². The lowest BCUT2D eigenvalue weighted by Crippen LogP contribution is -2.22. The Kier molecular flexibility index (Phi) is 5.84. The van der Waals surface area contributed by atoms with Gasteiger partial charge in [0, 0.05) is 43.6 Å². The Morgan fingerprint density at radius 3 is 2.71 bits per heavy atom. The smallest absolute Gasteiger partial charge is 0.144 e. The maximum atomic E-state index is 9.53. The largest absolute Gasteiger partial charge is 0.360 e. The number of rotatable bonds is 8. The van der Waals surface area contributed by atoms with Crippen LogP contribution in [0.25, 0.3) is 28.2 Å². The second kappa shape index (κ2) is 8.82. The van der Waals surface area contributed by atoms with Gasteiger partial charge in [-0.15, -0.1) is 0 Å². The Balaban J connectivity index is 1.63. The van der Waals surface area contributed by atoms with Crippen molar-refractivity contribution >= 4 is 13.7 Å². The fourth-order valence-electron chi connectivity index (χ4n) is 4.22. The van der Waals surface area contributed by atoms with E-state index >= 15 is 0 Å². The van der Waals surface area contributed by atoms with Gasteiger partial charge in [0.15, 0.2) is 0 Å². The molecule has 7 nitrogen and oxygen atoms in total. The Bertz CT molecular complexity index is 1390. The molecule has 1 saturated carbocycles. The summed E-state index contributed by atoms with van der Waals surface area (Å²) in [5, 5.41) is 14.6. The summed E-state index contributed by atoms with van der Waals surface area (Å²) >= 11 is 0. The Morgan fingerprint density at radius 1 is 1.18 bits per heavy atom. The normalized spacial score (nSPS) is 14.0. The predicted octanol–water partition coefficient (Wildman–Crippen LogP) is 5.63. The van der Waals surface area contributed by atoms with E-state index in [4.69, 9.17) is 14.8 Å². The van der Waals surface area contributed by atoms with Gasteiger partial charge in [-0.1, -0.05) is 25.7 Å². The number of fused-ring (bicyclic) bond motifs is 1. The molecule has 4 aromatic heterocycles. The molecule has 0 unspecified atom stereocenters. The number of hydrogen-bond donors (Lipinski definition) is 0. The molecular formula is C26H30N6OSi. The molecule has 4 aromatic rings. The van der Waals surface area contributed by atoms with Gasteiger partial charge in [-0.25, -0.2) is 9.67 Å². The van der Waals surface area contributed by atoms with E-state index in [0.717, 1.165) is 59.3 Å². The Hall–Kier alpha value is -3.28. The molecule has 0 spiro atoms. The minimum atomic E-state index is -1.16. The highest BCUT2D eigenvalue weighted by Crippen LogP contribution is 2.47. The predicted molar refractivity (Wildman–Crippen MR) is 135 cm³/mol. The van der Waals surface area contributed by atoms with E-state index in [1.807, 2.05) is 46.5 Å². The van der Waals surface area contributed by atoms with Gasteiger partial charge < -0.3 is 4.74 Å². The van der Waals surface area contributed by atoms with E-state index < -0.39 is 8.07 Å². The van der Waals surface area contributed by atoms with Crippen LogP contribution in [0.2, 0.25) is 25.7 Å². The van der Waals surface area contributed by atoms with E-state index in [1.165, 1.54) is 5.69 Å². The van der Waals surface area contributed by atoms with Crippen LogP contribution < -0.4 is 0 Å². The van der Waals surface area contributed by atoms with Crippen LogP contribution in [0.4, 0.5) is 0 Å². The van der Waals surface area contributed by atoms with E-state index in [9.17, 15) is 5.26 Å². The summed E-state index contributed by atoms with van der Waals surface area (Å²) in [6, 6.07) is 13.4. The number of hydrogen-bond acceptors (Lipinski definition) is 5. The second-order valence-corrected chi connectivity index (χ2v) is 15.9. The van der Waals surface area contributed by atoms with Crippen molar-refractivity contribution in [3.63, 3.8) is 0 Å². The van der Waals surface area contributed by atoms with Crippen LogP contribution in [0.3, 0.4) is 0 Å². The summed E-state index contributed by atoms with van der Waals surface area (Å²) in [5.41, 5.74) is 7.22. The summed E-state index contributed by atoms with van der Waals surface area (Å²) in [5.74, 6) is 0.454. The molecule has 0 bridgehead atoms. The van der Waals surface area contributed by atoms with Gasteiger partial charge in [0.25, 0.3) is 0 Å². The van der Waals surface area contributed by atoms with Crippen molar-refractivity contribution in [1.29, 1.82) is 5.26 Å². The zero-order valence-electron chi connectivity index (χ0n) is 20.2. The lowest BCUT2D eigenvalue weighted by molar-refractivity contribution is 0.0767. The lowest BCUT2D eigenvalue weighted by atomic mass is 10.00. The van der Waals surface area contributed by atoms with Crippen molar-refractivity contribution in [2.24, 2.45) is 0 Å². The maximum absolute atomic E-state index is 9.53. The Morgan fingerprint density at radius 2 is 2.00 bits per heavy atom. The molecule has 0 aromatic carbocycles. The zero-order valence-corrected chi connectivity index (χ0v) is 21.2. The number of pyridine rings is 2. The molecule has 0 atom stereocenters. The van der Waals surface area contributed by atoms with Crippen molar-refractivity contribution in [2.75, 3.05) is 6.61 Å². The number of aryl methyl sites for hydroxylation is 1. The van der Waals surface area contributed by atoms with Crippen LogP contribution in [-0.2, 0) is 11.5 Å². The number of aromatic nitrogens is 5.